The van der Waals surface area contributed by atoms with E-state index in [0.29, 0.717) is 6.54 Å². The minimum Gasteiger partial charge on any atom is -0.497 e. The molecule has 1 saturated heterocycles. The average Bonchev–Trinajstić information content (AvgIpc) is 3.16. The van der Waals surface area contributed by atoms with Crippen LogP contribution >= 0.6 is 0 Å². The van der Waals surface area contributed by atoms with E-state index in [1.807, 2.05) is 29.2 Å². The second kappa shape index (κ2) is 7.72. The van der Waals surface area contributed by atoms with Crippen molar-refractivity contribution in [3.8, 4) is 17.1 Å². The van der Waals surface area contributed by atoms with Gasteiger partial charge < -0.3 is 14.6 Å². The van der Waals surface area contributed by atoms with Crippen molar-refractivity contribution in [1.82, 2.24) is 19.8 Å². The van der Waals surface area contributed by atoms with Crippen molar-refractivity contribution < 1.29 is 9.53 Å². The maximum absolute atomic E-state index is 13.1. The molecule has 0 aliphatic carbocycles. The predicted octanol–water partition coefficient (Wildman–Crippen LogP) is 2.84. The molecule has 1 aromatic heterocycles. The van der Waals surface area contributed by atoms with Crippen LogP contribution in [-0.2, 0) is 17.8 Å². The van der Waals surface area contributed by atoms with Gasteiger partial charge in [-0.15, -0.1) is 0 Å². The molecule has 2 aromatic rings. The number of imidazole rings is 1. The van der Waals surface area contributed by atoms with Crippen LogP contribution in [0.15, 0.2) is 24.3 Å². The summed E-state index contributed by atoms with van der Waals surface area (Å²) in [6.45, 7) is 5.51. The number of hydrogen-bond acceptors (Lipinski definition) is 4. The van der Waals surface area contributed by atoms with E-state index in [1.165, 1.54) is 6.42 Å². The molecule has 27 heavy (non-hydrogen) atoms. The Labute approximate surface area is 160 Å². The zero-order valence-electron chi connectivity index (χ0n) is 16.2. The topological polar surface area (TPSA) is 61.5 Å². The summed E-state index contributed by atoms with van der Waals surface area (Å²) in [7, 11) is 1.67. The monoisotopic (exact) mass is 368 g/mol. The Hall–Kier alpha value is -2.34. The molecule has 1 aromatic carbocycles. The van der Waals surface area contributed by atoms with Gasteiger partial charge in [-0.05, 0) is 38.1 Å². The highest BCUT2D eigenvalue weighted by molar-refractivity contribution is 5.82. The number of ether oxygens (including phenoxy) is 1. The summed E-state index contributed by atoms with van der Waals surface area (Å²) < 4.78 is 5.32. The van der Waals surface area contributed by atoms with Crippen molar-refractivity contribution in [2.75, 3.05) is 26.7 Å². The minimum absolute atomic E-state index is 0.0473. The van der Waals surface area contributed by atoms with E-state index >= 15 is 0 Å². The molecule has 0 spiro atoms. The lowest BCUT2D eigenvalue weighted by molar-refractivity contribution is -0.139. The van der Waals surface area contributed by atoms with Crippen LogP contribution in [0.1, 0.15) is 37.6 Å². The van der Waals surface area contributed by atoms with Gasteiger partial charge in [0.05, 0.1) is 31.1 Å². The van der Waals surface area contributed by atoms with E-state index in [2.05, 4.69) is 16.8 Å². The third-order valence-corrected chi connectivity index (χ3v) is 5.79. The van der Waals surface area contributed by atoms with Crippen LogP contribution in [0.3, 0.4) is 0 Å². The third-order valence-electron chi connectivity index (χ3n) is 5.79. The normalized spacial score (nSPS) is 20.4. The van der Waals surface area contributed by atoms with Crippen molar-refractivity contribution in [2.45, 2.75) is 45.2 Å². The van der Waals surface area contributed by atoms with E-state index in [0.717, 1.165) is 67.4 Å². The van der Waals surface area contributed by atoms with E-state index < -0.39 is 0 Å². The molecule has 2 aliphatic heterocycles. The molecule has 144 valence electrons. The van der Waals surface area contributed by atoms with E-state index in [1.54, 1.807) is 7.11 Å². The van der Waals surface area contributed by atoms with Crippen LogP contribution in [0, 0.1) is 0 Å². The zero-order chi connectivity index (χ0) is 18.8. The van der Waals surface area contributed by atoms with Crippen LogP contribution in [0.4, 0.5) is 0 Å². The van der Waals surface area contributed by atoms with Crippen LogP contribution in [0.5, 0.6) is 5.75 Å². The number of fused-ring (bicyclic) bond motifs is 1. The first-order chi connectivity index (χ1) is 13.2. The Morgan fingerprint density at radius 2 is 2.22 bits per heavy atom. The molecule has 0 saturated carbocycles. The average molecular weight is 368 g/mol. The molecular weight excluding hydrogens is 340 g/mol. The molecule has 2 aliphatic rings. The van der Waals surface area contributed by atoms with E-state index in [-0.39, 0.29) is 11.9 Å². The minimum atomic E-state index is 0.0473. The maximum atomic E-state index is 13.1. The van der Waals surface area contributed by atoms with Gasteiger partial charge in [0.15, 0.2) is 0 Å². The molecule has 0 unspecified atom stereocenters. The van der Waals surface area contributed by atoms with Crippen molar-refractivity contribution in [3.63, 3.8) is 0 Å². The summed E-state index contributed by atoms with van der Waals surface area (Å²) in [5.41, 5.74) is 3.14. The number of carbonyl (C=O) groups is 1. The highest BCUT2D eigenvalue weighted by atomic mass is 16.5. The molecule has 1 fully saturated rings. The molecule has 3 heterocycles. The highest BCUT2D eigenvalue weighted by Crippen LogP contribution is 2.27. The molecule has 1 amide bonds. The van der Waals surface area contributed by atoms with Gasteiger partial charge in [-0.1, -0.05) is 25.5 Å². The number of rotatable bonds is 4. The third kappa shape index (κ3) is 3.58. The summed E-state index contributed by atoms with van der Waals surface area (Å²) in [6.07, 6.45) is 4.14. The lowest BCUT2D eigenvalue weighted by atomic mass is 10.00. The van der Waals surface area contributed by atoms with E-state index in [4.69, 9.17) is 9.72 Å². The van der Waals surface area contributed by atoms with Gasteiger partial charge in [-0.25, -0.2) is 4.98 Å². The Balaban J connectivity index is 1.51. The molecule has 6 nitrogen and oxygen atoms in total. The van der Waals surface area contributed by atoms with Crippen LogP contribution < -0.4 is 4.74 Å². The summed E-state index contributed by atoms with van der Waals surface area (Å²) in [5, 5.41) is 0. The number of nitrogens with zero attached hydrogens (tertiary/aromatic N) is 3. The second-order valence-electron chi connectivity index (χ2n) is 7.39. The molecule has 0 bridgehead atoms. The first-order valence-corrected chi connectivity index (χ1v) is 9.94. The first kappa shape index (κ1) is 18.0. The van der Waals surface area contributed by atoms with Gasteiger partial charge in [-0.3, -0.25) is 9.69 Å². The quantitative estimate of drug-likeness (QED) is 0.901. The number of aromatic amines is 1. The molecule has 4 rings (SSSR count). The van der Waals surface area contributed by atoms with Crippen molar-refractivity contribution in [2.24, 2.45) is 0 Å². The molecule has 1 N–H and O–H groups in total. The van der Waals surface area contributed by atoms with Crippen LogP contribution in [0.25, 0.3) is 11.4 Å². The van der Waals surface area contributed by atoms with Gasteiger partial charge in [0, 0.05) is 18.5 Å². The van der Waals surface area contributed by atoms with Gasteiger partial charge in [0.1, 0.15) is 11.6 Å². The summed E-state index contributed by atoms with van der Waals surface area (Å²) in [5.74, 6) is 1.94. The van der Waals surface area contributed by atoms with Crippen molar-refractivity contribution in [3.05, 3.63) is 35.7 Å². The Kier molecular flexibility index (Phi) is 5.16. The lowest BCUT2D eigenvalue weighted by Gasteiger charge is -2.38. The maximum Gasteiger partial charge on any atom is 0.240 e. The number of benzene rings is 1. The summed E-state index contributed by atoms with van der Waals surface area (Å²) >= 11 is 0. The fraction of sp³-hybridized carbons (Fsp3) is 0.524. The molecule has 6 heteroatoms. The van der Waals surface area contributed by atoms with Crippen molar-refractivity contribution >= 4 is 5.91 Å². The largest absolute Gasteiger partial charge is 0.497 e. The number of H-pyrrole nitrogens is 1. The second-order valence-corrected chi connectivity index (χ2v) is 7.39. The number of likely N-dealkylation sites (N-methyl/N-ethyl adjacent to an activating group) is 1. The fourth-order valence-corrected chi connectivity index (χ4v) is 4.25. The SMILES string of the molecule is CCN1CCCC[C@H]1C(=O)N1CCc2nc(-c3cccc(OC)c3)[nH]c2C1. The molecule has 1 atom stereocenters. The zero-order valence-corrected chi connectivity index (χ0v) is 16.2. The van der Waals surface area contributed by atoms with E-state index in [9.17, 15) is 4.79 Å². The Morgan fingerprint density at radius 1 is 1.33 bits per heavy atom. The number of methoxy groups -OCH3 is 1. The summed E-state index contributed by atoms with van der Waals surface area (Å²) in [6, 6.07) is 7.95. The number of amides is 1. The van der Waals surface area contributed by atoms with Crippen molar-refractivity contribution in [1.29, 1.82) is 0 Å². The van der Waals surface area contributed by atoms with Gasteiger partial charge in [-0.2, -0.15) is 0 Å². The fourth-order valence-electron chi connectivity index (χ4n) is 4.25. The number of piperidine rings is 1. The number of aromatic nitrogens is 2. The smallest absolute Gasteiger partial charge is 0.240 e. The standard InChI is InChI=1S/C21H28N4O2/c1-3-24-11-5-4-9-19(24)21(26)25-12-10-17-18(14-25)23-20(22-17)15-7-6-8-16(13-15)27-2/h6-8,13,19H,3-5,9-12,14H2,1-2H3,(H,22,23)/t19-/m0/s1. The Bertz CT molecular complexity index is 816. The Morgan fingerprint density at radius 3 is 3.04 bits per heavy atom. The van der Waals surface area contributed by atoms with Gasteiger partial charge >= 0.3 is 0 Å². The molecule has 0 radical (unpaired) electrons. The van der Waals surface area contributed by atoms with Crippen LogP contribution in [0.2, 0.25) is 0 Å². The lowest BCUT2D eigenvalue weighted by Crippen LogP contribution is -2.51. The predicted molar refractivity (Wildman–Crippen MR) is 105 cm³/mol. The van der Waals surface area contributed by atoms with Gasteiger partial charge in [0.25, 0.3) is 0 Å². The first-order valence-electron chi connectivity index (χ1n) is 9.94. The van der Waals surface area contributed by atoms with Gasteiger partial charge in [0.2, 0.25) is 5.91 Å². The van der Waals surface area contributed by atoms with Crippen LogP contribution in [-0.4, -0.2) is 58.5 Å². The molecular formula is C21H28N4O2. The highest BCUT2D eigenvalue weighted by Gasteiger charge is 2.33. The number of nitrogens with one attached hydrogen (secondary N) is 1. The number of likely N-dealkylation sites (tertiary alicyclic amines) is 1. The summed E-state index contributed by atoms with van der Waals surface area (Å²) in [4.78, 5) is 25.7. The number of carbonyl (C=O) groups excluding carboxylic acids is 1. The number of hydrogen-bond donors (Lipinski definition) is 1.